The number of nitrogens with two attached hydrogens (primary N) is 1. The van der Waals surface area contributed by atoms with Gasteiger partial charge < -0.3 is 11.1 Å². The van der Waals surface area contributed by atoms with Crippen molar-refractivity contribution in [3.63, 3.8) is 0 Å². The van der Waals surface area contributed by atoms with Crippen molar-refractivity contribution >= 4 is 11.6 Å². The predicted molar refractivity (Wildman–Crippen MR) is 64.0 cm³/mol. The number of halogens is 1. The van der Waals surface area contributed by atoms with E-state index in [9.17, 15) is 9.18 Å². The van der Waals surface area contributed by atoms with Crippen LogP contribution in [0.15, 0.2) is 36.5 Å². The molecular weight excluding hydrogens is 235 g/mol. The second kappa shape index (κ2) is 5.22. The van der Waals surface area contributed by atoms with Gasteiger partial charge in [0.05, 0.1) is 17.9 Å². The summed E-state index contributed by atoms with van der Waals surface area (Å²) in [6.45, 7) is 0.254. The van der Waals surface area contributed by atoms with E-state index in [2.05, 4.69) is 15.5 Å². The summed E-state index contributed by atoms with van der Waals surface area (Å²) in [4.78, 5) is 11.7. The van der Waals surface area contributed by atoms with E-state index in [0.717, 1.165) is 6.07 Å². The van der Waals surface area contributed by atoms with Gasteiger partial charge in [-0.25, -0.2) is 4.39 Å². The molecular formula is C12H11FN4O. The van der Waals surface area contributed by atoms with Gasteiger partial charge in [-0.3, -0.25) is 4.79 Å². The van der Waals surface area contributed by atoms with Crippen molar-refractivity contribution < 1.29 is 9.18 Å². The van der Waals surface area contributed by atoms with Crippen LogP contribution in [0.25, 0.3) is 0 Å². The lowest BCUT2D eigenvalue weighted by molar-refractivity contribution is 0.0950. The van der Waals surface area contributed by atoms with Gasteiger partial charge in [-0.1, -0.05) is 0 Å². The molecule has 3 N–H and O–H groups in total. The number of rotatable bonds is 3. The molecule has 2 aromatic rings. The van der Waals surface area contributed by atoms with Crippen LogP contribution in [0, 0.1) is 5.82 Å². The zero-order valence-electron chi connectivity index (χ0n) is 9.43. The van der Waals surface area contributed by atoms with Gasteiger partial charge in [-0.2, -0.15) is 10.2 Å². The molecule has 0 bridgehead atoms. The van der Waals surface area contributed by atoms with Crippen molar-refractivity contribution in [2.24, 2.45) is 0 Å². The van der Waals surface area contributed by atoms with Gasteiger partial charge in [-0.15, -0.1) is 0 Å². The van der Waals surface area contributed by atoms with Gasteiger partial charge in [0.1, 0.15) is 5.82 Å². The third-order valence-electron chi connectivity index (χ3n) is 2.32. The molecule has 18 heavy (non-hydrogen) atoms. The van der Waals surface area contributed by atoms with Crippen LogP contribution >= 0.6 is 0 Å². The van der Waals surface area contributed by atoms with E-state index < -0.39 is 5.82 Å². The molecule has 1 heterocycles. The molecule has 0 aliphatic rings. The molecule has 0 saturated carbocycles. The van der Waals surface area contributed by atoms with Gasteiger partial charge in [0.25, 0.3) is 5.91 Å². The van der Waals surface area contributed by atoms with Crippen molar-refractivity contribution in [3.05, 3.63) is 53.6 Å². The Hall–Kier alpha value is -2.50. The maximum Gasteiger partial charge on any atom is 0.251 e. The first kappa shape index (κ1) is 12.0. The third kappa shape index (κ3) is 2.79. The maximum atomic E-state index is 12.9. The molecule has 0 atom stereocenters. The second-order valence-electron chi connectivity index (χ2n) is 3.63. The molecule has 0 unspecified atom stereocenters. The highest BCUT2D eigenvalue weighted by Crippen LogP contribution is 2.12. The average Bonchev–Trinajstić information content (AvgIpc) is 2.40. The fourth-order valence-corrected chi connectivity index (χ4v) is 1.39. The van der Waals surface area contributed by atoms with Crippen LogP contribution in [0.5, 0.6) is 0 Å². The number of aromatic nitrogens is 2. The Bertz CT molecular complexity index is 559. The lowest BCUT2D eigenvalue weighted by Gasteiger charge is -2.05. The predicted octanol–water partition coefficient (Wildman–Crippen LogP) is 1.13. The van der Waals surface area contributed by atoms with Gasteiger partial charge in [0, 0.05) is 11.8 Å². The third-order valence-corrected chi connectivity index (χ3v) is 2.32. The summed E-state index contributed by atoms with van der Waals surface area (Å²) in [5.74, 6) is -0.882. The molecule has 0 aliphatic carbocycles. The van der Waals surface area contributed by atoms with Crippen LogP contribution < -0.4 is 11.1 Å². The number of hydrogen-bond donors (Lipinski definition) is 2. The van der Waals surface area contributed by atoms with E-state index in [4.69, 9.17) is 5.73 Å². The van der Waals surface area contributed by atoms with Crippen LogP contribution in [0.3, 0.4) is 0 Å². The Morgan fingerprint density at radius 3 is 2.89 bits per heavy atom. The van der Waals surface area contributed by atoms with Crippen molar-refractivity contribution in [2.75, 3.05) is 5.73 Å². The van der Waals surface area contributed by atoms with Crippen LogP contribution in [0.2, 0.25) is 0 Å². The molecule has 1 amide bonds. The number of nitrogens with one attached hydrogen (secondary N) is 1. The van der Waals surface area contributed by atoms with Crippen LogP contribution in [0.4, 0.5) is 10.1 Å². The zero-order valence-corrected chi connectivity index (χ0v) is 9.43. The Kier molecular flexibility index (Phi) is 3.47. The molecule has 0 spiro atoms. The Balaban J connectivity index is 2.02. The summed E-state index contributed by atoms with van der Waals surface area (Å²) in [5, 5.41) is 10.2. The first-order valence-corrected chi connectivity index (χ1v) is 5.26. The molecule has 0 saturated heterocycles. The summed E-state index contributed by atoms with van der Waals surface area (Å²) >= 11 is 0. The highest BCUT2D eigenvalue weighted by Gasteiger charge is 2.08. The molecule has 0 fully saturated rings. The van der Waals surface area contributed by atoms with Gasteiger partial charge in [0.2, 0.25) is 0 Å². The van der Waals surface area contributed by atoms with Crippen LogP contribution in [0.1, 0.15) is 16.1 Å². The molecule has 0 radical (unpaired) electrons. The van der Waals surface area contributed by atoms with Crippen LogP contribution in [-0.4, -0.2) is 16.1 Å². The van der Waals surface area contributed by atoms with E-state index >= 15 is 0 Å². The molecule has 6 heteroatoms. The van der Waals surface area contributed by atoms with Crippen molar-refractivity contribution in [3.8, 4) is 0 Å². The smallest absolute Gasteiger partial charge is 0.251 e. The number of hydrogen-bond acceptors (Lipinski definition) is 4. The number of benzene rings is 1. The van der Waals surface area contributed by atoms with Gasteiger partial charge in [0.15, 0.2) is 0 Å². The van der Waals surface area contributed by atoms with E-state index in [-0.39, 0.29) is 18.1 Å². The van der Waals surface area contributed by atoms with E-state index in [1.165, 1.54) is 12.1 Å². The summed E-state index contributed by atoms with van der Waals surface area (Å²) < 4.78 is 12.9. The van der Waals surface area contributed by atoms with Gasteiger partial charge in [-0.05, 0) is 30.3 Å². The number of anilines is 1. The average molecular weight is 246 g/mol. The fraction of sp³-hybridized carbons (Fsp3) is 0.0833. The number of amides is 1. The molecule has 5 nitrogen and oxygen atoms in total. The molecule has 2 rings (SSSR count). The first-order chi connectivity index (χ1) is 8.66. The fourth-order valence-electron chi connectivity index (χ4n) is 1.39. The first-order valence-electron chi connectivity index (χ1n) is 5.26. The monoisotopic (exact) mass is 246 g/mol. The quantitative estimate of drug-likeness (QED) is 0.795. The minimum Gasteiger partial charge on any atom is -0.396 e. The number of carbonyl (C=O) groups is 1. The van der Waals surface area contributed by atoms with Crippen molar-refractivity contribution in [1.29, 1.82) is 0 Å². The van der Waals surface area contributed by atoms with E-state index in [1.54, 1.807) is 18.3 Å². The lowest BCUT2D eigenvalue weighted by atomic mass is 10.2. The Morgan fingerprint density at radius 1 is 1.39 bits per heavy atom. The van der Waals surface area contributed by atoms with Gasteiger partial charge >= 0.3 is 0 Å². The molecule has 1 aromatic heterocycles. The topological polar surface area (TPSA) is 80.9 Å². The molecule has 0 aliphatic heterocycles. The normalized spacial score (nSPS) is 10.1. The SMILES string of the molecule is Nc1cc(C(=O)NCc2cccnn2)ccc1F. The maximum absolute atomic E-state index is 12.9. The molecule has 92 valence electrons. The minimum atomic E-state index is -0.541. The van der Waals surface area contributed by atoms with E-state index in [1.807, 2.05) is 0 Å². The number of carbonyl (C=O) groups excluding carboxylic acids is 1. The van der Waals surface area contributed by atoms with Crippen LogP contribution in [-0.2, 0) is 6.54 Å². The zero-order chi connectivity index (χ0) is 13.0. The standard InChI is InChI=1S/C12H11FN4O/c13-10-4-3-8(6-11(10)14)12(18)15-7-9-2-1-5-16-17-9/h1-6H,7,14H2,(H,15,18). The largest absolute Gasteiger partial charge is 0.396 e. The highest BCUT2D eigenvalue weighted by atomic mass is 19.1. The van der Waals surface area contributed by atoms with E-state index in [0.29, 0.717) is 11.3 Å². The lowest BCUT2D eigenvalue weighted by Crippen LogP contribution is -2.23. The Morgan fingerprint density at radius 2 is 2.22 bits per heavy atom. The summed E-state index contributed by atoms with van der Waals surface area (Å²) in [6, 6.07) is 7.29. The summed E-state index contributed by atoms with van der Waals surface area (Å²) in [5.41, 5.74) is 6.28. The second-order valence-corrected chi connectivity index (χ2v) is 3.63. The highest BCUT2D eigenvalue weighted by molar-refractivity contribution is 5.94. The minimum absolute atomic E-state index is 0.0536. The molecule has 1 aromatic carbocycles. The van der Waals surface area contributed by atoms with Crippen molar-refractivity contribution in [2.45, 2.75) is 6.54 Å². The summed E-state index contributed by atoms with van der Waals surface area (Å²) in [6.07, 6.45) is 1.55. The Labute approximate surface area is 103 Å². The summed E-state index contributed by atoms with van der Waals surface area (Å²) in [7, 11) is 0. The number of nitrogen functional groups attached to an aromatic ring is 1. The van der Waals surface area contributed by atoms with Crippen molar-refractivity contribution in [1.82, 2.24) is 15.5 Å². The number of nitrogens with zero attached hydrogens (tertiary/aromatic N) is 2.